The summed E-state index contributed by atoms with van der Waals surface area (Å²) in [5, 5.41) is 42.4. The number of aliphatic carboxylic acids is 2. The highest BCUT2D eigenvalue weighted by atomic mass is 17.2. The Hall–Kier alpha value is -5.10. The van der Waals surface area contributed by atoms with Crippen molar-refractivity contribution in [2.24, 2.45) is 22.1 Å². The zero-order chi connectivity index (χ0) is 30.2. The Balaban J connectivity index is 0.000000400. The van der Waals surface area contributed by atoms with E-state index in [2.05, 4.69) is 20.0 Å². The van der Waals surface area contributed by atoms with Crippen molar-refractivity contribution in [2.75, 3.05) is 0 Å². The number of benzene rings is 2. The van der Waals surface area contributed by atoms with Crippen molar-refractivity contribution in [3.8, 4) is 12.1 Å². The van der Waals surface area contributed by atoms with Gasteiger partial charge in [-0.3, -0.25) is 9.59 Å². The molecule has 0 aliphatic carbocycles. The maximum Gasteiger partial charge on any atom is 0.386 e. The lowest BCUT2D eigenvalue weighted by Crippen LogP contribution is -2.18. The fraction of sp³-hybridized carbons (Fsp3) is 0.357. The molecule has 2 N–H and O–H groups in total. The van der Waals surface area contributed by atoms with E-state index in [1.807, 2.05) is 13.8 Å². The average molecular weight is 551 g/mol. The van der Waals surface area contributed by atoms with Crippen LogP contribution in [0.3, 0.4) is 0 Å². The molecule has 0 spiro atoms. The normalized spacial score (nSPS) is 13.2. The van der Waals surface area contributed by atoms with E-state index in [4.69, 9.17) is 20.7 Å². The number of azo groups is 1. The summed E-state index contributed by atoms with van der Waals surface area (Å²) in [6.07, 6.45) is 0.0608. The van der Waals surface area contributed by atoms with Crippen molar-refractivity contribution < 1.29 is 39.2 Å². The number of hydrogen-bond acceptors (Lipinski definition) is 10. The first-order valence-electron chi connectivity index (χ1n) is 12.1. The highest BCUT2D eigenvalue weighted by Crippen LogP contribution is 2.13. The third-order valence-corrected chi connectivity index (χ3v) is 5.29. The zero-order valence-corrected chi connectivity index (χ0v) is 22.5. The monoisotopic (exact) mass is 550 g/mol. The van der Waals surface area contributed by atoms with Crippen LogP contribution in [0.5, 0.6) is 0 Å². The van der Waals surface area contributed by atoms with E-state index in [-0.39, 0.29) is 12.8 Å². The first kappa shape index (κ1) is 32.9. The third-order valence-electron chi connectivity index (χ3n) is 5.29. The molecular formula is C28H30N4O8. The number of carbonyl (C=O) groups excluding carboxylic acids is 2. The quantitative estimate of drug-likeness (QED) is 0.238. The van der Waals surface area contributed by atoms with Crippen LogP contribution >= 0.6 is 0 Å². The van der Waals surface area contributed by atoms with Crippen LogP contribution in [-0.4, -0.2) is 46.2 Å². The van der Waals surface area contributed by atoms with Gasteiger partial charge in [0.25, 0.3) is 0 Å². The molecule has 0 radical (unpaired) electrons. The summed E-state index contributed by atoms with van der Waals surface area (Å²) in [6, 6.07) is 15.9. The summed E-state index contributed by atoms with van der Waals surface area (Å²) in [6.45, 7) is 7.05. The molecule has 2 rings (SSSR count). The van der Waals surface area contributed by atoms with E-state index in [1.165, 1.54) is 0 Å². The maximum atomic E-state index is 11.6. The molecule has 210 valence electrons. The minimum absolute atomic E-state index is 0.0304. The lowest BCUT2D eigenvalue weighted by atomic mass is 10.0. The van der Waals surface area contributed by atoms with Gasteiger partial charge in [-0.05, 0) is 64.8 Å². The number of nitriles is 2. The van der Waals surface area contributed by atoms with Gasteiger partial charge in [0.15, 0.2) is 0 Å². The Bertz CT molecular complexity index is 1180. The van der Waals surface area contributed by atoms with Crippen molar-refractivity contribution in [3.63, 3.8) is 0 Å². The van der Waals surface area contributed by atoms with Crippen molar-refractivity contribution in [1.29, 1.82) is 10.5 Å². The van der Waals surface area contributed by atoms with Gasteiger partial charge in [-0.2, -0.15) is 20.8 Å². The molecule has 12 heteroatoms. The van der Waals surface area contributed by atoms with Gasteiger partial charge in [0.05, 0.1) is 35.3 Å². The highest BCUT2D eigenvalue weighted by Gasteiger charge is 2.21. The first-order valence-corrected chi connectivity index (χ1v) is 12.1. The van der Waals surface area contributed by atoms with Gasteiger partial charge in [-0.15, -0.1) is 0 Å². The van der Waals surface area contributed by atoms with Crippen LogP contribution in [0.1, 0.15) is 58.5 Å². The van der Waals surface area contributed by atoms with E-state index in [0.717, 1.165) is 11.1 Å². The predicted octanol–water partition coefficient (Wildman–Crippen LogP) is 4.68. The molecule has 40 heavy (non-hydrogen) atoms. The highest BCUT2D eigenvalue weighted by molar-refractivity contribution is 5.92. The van der Waals surface area contributed by atoms with E-state index in [9.17, 15) is 19.2 Å². The number of rotatable bonds is 10. The second-order valence-electron chi connectivity index (χ2n) is 8.91. The molecule has 0 saturated heterocycles. The molecular weight excluding hydrogens is 520 g/mol. The molecule has 0 bridgehead atoms. The molecule has 4 unspecified atom stereocenters. The summed E-state index contributed by atoms with van der Waals surface area (Å²) >= 11 is 0. The molecule has 2 aromatic carbocycles. The lowest BCUT2D eigenvalue weighted by molar-refractivity contribution is -0.187. The van der Waals surface area contributed by atoms with Crippen LogP contribution < -0.4 is 0 Å². The molecule has 0 saturated carbocycles. The molecule has 0 fully saturated rings. The van der Waals surface area contributed by atoms with E-state index in [0.29, 0.717) is 11.1 Å². The summed E-state index contributed by atoms with van der Waals surface area (Å²) in [7, 11) is 0. The molecule has 0 amide bonds. The van der Waals surface area contributed by atoms with Gasteiger partial charge >= 0.3 is 23.9 Å². The second-order valence-corrected chi connectivity index (χ2v) is 8.91. The minimum Gasteiger partial charge on any atom is -0.480 e. The van der Waals surface area contributed by atoms with Crippen LogP contribution in [-0.2, 0) is 19.4 Å². The molecule has 0 aliphatic heterocycles. The third kappa shape index (κ3) is 12.0. The van der Waals surface area contributed by atoms with Gasteiger partial charge in [0.2, 0.25) is 0 Å². The largest absolute Gasteiger partial charge is 0.480 e. The summed E-state index contributed by atoms with van der Waals surface area (Å²) in [5.74, 6) is -6.12. The van der Waals surface area contributed by atoms with Crippen LogP contribution in [0.2, 0.25) is 0 Å². The van der Waals surface area contributed by atoms with Crippen molar-refractivity contribution >= 4 is 23.9 Å². The van der Waals surface area contributed by atoms with Crippen LogP contribution in [0.4, 0.5) is 0 Å². The molecule has 12 nitrogen and oxygen atoms in total. The average Bonchev–Trinajstić information content (AvgIpc) is 2.92. The number of nitrogens with zero attached hydrogens (tertiary/aromatic N) is 4. The number of carboxylic acid groups (broad SMARTS) is 2. The van der Waals surface area contributed by atoms with Gasteiger partial charge < -0.3 is 10.2 Å². The van der Waals surface area contributed by atoms with Crippen LogP contribution in [0.15, 0.2) is 58.8 Å². The Morgan fingerprint density at radius 2 is 1.00 bits per heavy atom. The molecule has 4 atom stereocenters. The van der Waals surface area contributed by atoms with E-state index in [1.54, 1.807) is 74.5 Å². The van der Waals surface area contributed by atoms with Crippen molar-refractivity contribution in [3.05, 3.63) is 70.8 Å². The Kier molecular flexibility index (Phi) is 13.7. The van der Waals surface area contributed by atoms with Crippen molar-refractivity contribution in [2.45, 2.75) is 52.6 Å². The number of aryl methyl sites for hydroxylation is 2. The standard InChI is InChI=1S/C16H14O4.C12H16N4O4/c1-11-3-7-13(8-4-11)15(17)19-20-16(18)14-9-5-12(2)6-10-14;1-7(3-9(5-13)11(17)18)15-16-8(2)4-10(6-14)12(19)20/h3-10H,1-2H3;7-10H,3-4H2,1-2H3,(H,17,18)(H,19,20). The summed E-state index contributed by atoms with van der Waals surface area (Å²) in [5.41, 5.74) is 2.70. The second kappa shape index (κ2) is 16.7. The fourth-order valence-corrected chi connectivity index (χ4v) is 2.97. The topological polar surface area (TPSA) is 199 Å². The van der Waals surface area contributed by atoms with Crippen molar-refractivity contribution in [1.82, 2.24) is 0 Å². The Morgan fingerprint density at radius 1 is 0.700 bits per heavy atom. The molecule has 2 aromatic rings. The van der Waals surface area contributed by atoms with E-state index >= 15 is 0 Å². The Morgan fingerprint density at radius 3 is 1.25 bits per heavy atom. The summed E-state index contributed by atoms with van der Waals surface area (Å²) < 4.78 is 0. The molecule has 0 aliphatic rings. The van der Waals surface area contributed by atoms with Crippen LogP contribution in [0.25, 0.3) is 0 Å². The number of carbonyl (C=O) groups is 4. The first-order chi connectivity index (χ1) is 18.9. The van der Waals surface area contributed by atoms with Gasteiger partial charge in [-0.1, -0.05) is 35.4 Å². The smallest absolute Gasteiger partial charge is 0.386 e. The minimum atomic E-state index is -1.21. The Labute approximate surface area is 231 Å². The number of hydrogen-bond donors (Lipinski definition) is 2. The van der Waals surface area contributed by atoms with E-state index < -0.39 is 47.8 Å². The molecule has 0 heterocycles. The lowest BCUT2D eigenvalue weighted by Gasteiger charge is -2.10. The fourth-order valence-electron chi connectivity index (χ4n) is 2.97. The SMILES string of the molecule is CC(CC(C#N)C(=O)O)N=NC(C)CC(C#N)C(=O)O.Cc1ccc(C(=O)OOC(=O)c2ccc(C)cc2)cc1. The maximum absolute atomic E-state index is 11.6. The molecule has 0 aromatic heterocycles. The summed E-state index contributed by atoms with van der Waals surface area (Å²) in [4.78, 5) is 53.7. The van der Waals surface area contributed by atoms with Crippen LogP contribution in [0, 0.1) is 48.3 Å². The predicted molar refractivity (Wildman–Crippen MR) is 140 cm³/mol. The van der Waals surface area contributed by atoms with Gasteiger partial charge in [0, 0.05) is 0 Å². The van der Waals surface area contributed by atoms with Gasteiger partial charge in [0.1, 0.15) is 11.8 Å². The number of carboxylic acids is 2. The van der Waals surface area contributed by atoms with Gasteiger partial charge in [-0.25, -0.2) is 19.4 Å². The zero-order valence-electron chi connectivity index (χ0n) is 22.5.